The monoisotopic (exact) mass is 340 g/mol. The van der Waals surface area contributed by atoms with Gasteiger partial charge in [0, 0.05) is 25.7 Å². The molecule has 2 aromatic rings. The van der Waals surface area contributed by atoms with Crippen LogP contribution in [0.4, 0.5) is 0 Å². The maximum absolute atomic E-state index is 12.5. The van der Waals surface area contributed by atoms with Gasteiger partial charge in [-0.2, -0.15) is 0 Å². The van der Waals surface area contributed by atoms with Gasteiger partial charge in [0.25, 0.3) is 5.56 Å². The van der Waals surface area contributed by atoms with E-state index in [4.69, 9.17) is 0 Å². The standard InChI is InChI=1S/C19H20N2O4/c1-13-7-10-21(18(23)17(13)19(24)25)15-11-16(22)20(12-15)9-8-14-5-3-2-4-6-14/h2-7,10,15H,8-9,11-12H2,1H3,(H,24,25). The maximum Gasteiger partial charge on any atom is 0.341 e. The predicted octanol–water partition coefficient (Wildman–Crippen LogP) is 1.87. The van der Waals surface area contributed by atoms with E-state index in [1.807, 2.05) is 30.3 Å². The lowest BCUT2D eigenvalue weighted by molar-refractivity contribution is -0.127. The molecular weight excluding hydrogens is 320 g/mol. The fourth-order valence-corrected chi connectivity index (χ4v) is 3.25. The molecule has 1 aromatic heterocycles. The zero-order chi connectivity index (χ0) is 18.0. The molecular formula is C19H20N2O4. The molecule has 1 atom stereocenters. The summed E-state index contributed by atoms with van der Waals surface area (Å²) in [5, 5.41) is 9.24. The fraction of sp³-hybridized carbons (Fsp3) is 0.316. The predicted molar refractivity (Wildman–Crippen MR) is 92.8 cm³/mol. The minimum absolute atomic E-state index is 0.00900. The molecule has 1 N–H and O–H groups in total. The van der Waals surface area contributed by atoms with Gasteiger partial charge in [0.05, 0.1) is 6.04 Å². The molecule has 130 valence electrons. The number of aromatic nitrogens is 1. The Morgan fingerprint density at radius 3 is 2.60 bits per heavy atom. The largest absolute Gasteiger partial charge is 0.477 e. The van der Waals surface area contributed by atoms with Gasteiger partial charge >= 0.3 is 5.97 Å². The summed E-state index contributed by atoms with van der Waals surface area (Å²) in [6.07, 6.45) is 2.56. The van der Waals surface area contributed by atoms with E-state index < -0.39 is 11.5 Å². The second kappa shape index (κ2) is 6.93. The Balaban J connectivity index is 1.76. The highest BCUT2D eigenvalue weighted by molar-refractivity contribution is 5.88. The number of rotatable bonds is 5. The van der Waals surface area contributed by atoms with Crippen LogP contribution in [0.1, 0.15) is 33.9 Å². The second-order valence-electron chi connectivity index (χ2n) is 6.32. The molecule has 1 fully saturated rings. The molecule has 3 rings (SSSR count). The van der Waals surface area contributed by atoms with Crippen LogP contribution in [0.5, 0.6) is 0 Å². The molecule has 0 saturated carbocycles. The highest BCUT2D eigenvalue weighted by atomic mass is 16.4. The van der Waals surface area contributed by atoms with E-state index in [-0.39, 0.29) is 23.9 Å². The van der Waals surface area contributed by atoms with Crippen molar-refractivity contribution in [3.63, 3.8) is 0 Å². The minimum Gasteiger partial charge on any atom is -0.477 e. The summed E-state index contributed by atoms with van der Waals surface area (Å²) < 4.78 is 1.39. The van der Waals surface area contributed by atoms with Crippen molar-refractivity contribution in [1.82, 2.24) is 9.47 Å². The van der Waals surface area contributed by atoms with Gasteiger partial charge in [-0.15, -0.1) is 0 Å². The molecule has 0 radical (unpaired) electrons. The smallest absolute Gasteiger partial charge is 0.341 e. The van der Waals surface area contributed by atoms with Crippen LogP contribution >= 0.6 is 0 Å². The molecule has 1 aliphatic rings. The van der Waals surface area contributed by atoms with E-state index in [9.17, 15) is 19.5 Å². The van der Waals surface area contributed by atoms with Crippen LogP contribution in [0.25, 0.3) is 0 Å². The van der Waals surface area contributed by atoms with Crippen LogP contribution in [-0.4, -0.2) is 39.5 Å². The summed E-state index contributed by atoms with van der Waals surface area (Å²) in [4.78, 5) is 37.8. The van der Waals surface area contributed by atoms with Gasteiger partial charge < -0.3 is 14.6 Å². The van der Waals surface area contributed by atoms with Crippen LogP contribution in [0.15, 0.2) is 47.4 Å². The number of pyridine rings is 1. The normalized spacial score (nSPS) is 17.1. The van der Waals surface area contributed by atoms with Crippen LogP contribution in [0, 0.1) is 6.92 Å². The maximum atomic E-state index is 12.5. The third kappa shape index (κ3) is 3.47. The highest BCUT2D eigenvalue weighted by Crippen LogP contribution is 2.22. The molecule has 1 aliphatic heterocycles. The number of carbonyl (C=O) groups is 2. The first-order valence-corrected chi connectivity index (χ1v) is 8.24. The van der Waals surface area contributed by atoms with Gasteiger partial charge in [0.2, 0.25) is 5.91 Å². The van der Waals surface area contributed by atoms with E-state index in [2.05, 4.69) is 0 Å². The Bertz CT molecular complexity index is 857. The van der Waals surface area contributed by atoms with Crippen LogP contribution in [0.2, 0.25) is 0 Å². The van der Waals surface area contributed by atoms with E-state index in [0.29, 0.717) is 18.7 Å². The molecule has 25 heavy (non-hydrogen) atoms. The zero-order valence-corrected chi connectivity index (χ0v) is 14.0. The lowest BCUT2D eigenvalue weighted by Crippen LogP contribution is -2.32. The van der Waals surface area contributed by atoms with Crippen molar-refractivity contribution in [2.24, 2.45) is 0 Å². The summed E-state index contributed by atoms with van der Waals surface area (Å²) in [6, 6.07) is 11.2. The Kier molecular flexibility index (Phi) is 4.70. The summed E-state index contributed by atoms with van der Waals surface area (Å²) >= 11 is 0. The summed E-state index contributed by atoms with van der Waals surface area (Å²) in [5.41, 5.74) is 0.811. The van der Waals surface area contributed by atoms with E-state index in [1.54, 1.807) is 24.1 Å². The third-order valence-electron chi connectivity index (χ3n) is 4.64. The molecule has 6 nitrogen and oxygen atoms in total. The molecule has 1 aromatic carbocycles. The Morgan fingerprint density at radius 1 is 1.20 bits per heavy atom. The molecule has 6 heteroatoms. The highest BCUT2D eigenvalue weighted by Gasteiger charge is 2.31. The van der Waals surface area contributed by atoms with Crippen LogP contribution < -0.4 is 5.56 Å². The average Bonchev–Trinajstić information content (AvgIpc) is 2.94. The zero-order valence-electron chi connectivity index (χ0n) is 14.0. The van der Waals surface area contributed by atoms with Gasteiger partial charge in [0.15, 0.2) is 0 Å². The molecule has 0 aliphatic carbocycles. The SMILES string of the molecule is Cc1ccn(C2CC(=O)N(CCc3ccccc3)C2)c(=O)c1C(=O)O. The number of nitrogens with zero attached hydrogens (tertiary/aromatic N) is 2. The van der Waals surface area contributed by atoms with E-state index in [0.717, 1.165) is 12.0 Å². The van der Waals surface area contributed by atoms with E-state index in [1.165, 1.54) is 4.57 Å². The van der Waals surface area contributed by atoms with Gasteiger partial charge in [-0.05, 0) is 30.5 Å². The number of likely N-dealkylation sites (tertiary alicyclic amines) is 1. The number of hydrogen-bond donors (Lipinski definition) is 1. The Morgan fingerprint density at radius 2 is 1.92 bits per heavy atom. The quantitative estimate of drug-likeness (QED) is 0.901. The van der Waals surface area contributed by atoms with E-state index >= 15 is 0 Å². The Hall–Kier alpha value is -2.89. The minimum atomic E-state index is -1.23. The Labute approximate surface area is 145 Å². The number of aromatic carboxylic acids is 1. The molecule has 0 bridgehead atoms. The van der Waals surface area contributed by atoms with Gasteiger partial charge in [-0.1, -0.05) is 30.3 Å². The summed E-state index contributed by atoms with van der Waals surface area (Å²) in [7, 11) is 0. The first-order chi connectivity index (χ1) is 12.0. The number of carbonyl (C=O) groups excluding carboxylic acids is 1. The molecule has 1 saturated heterocycles. The van der Waals surface area contributed by atoms with Gasteiger partial charge in [-0.25, -0.2) is 4.79 Å². The fourth-order valence-electron chi connectivity index (χ4n) is 3.25. The number of benzene rings is 1. The van der Waals surface area contributed by atoms with Crippen molar-refractivity contribution in [3.8, 4) is 0 Å². The number of hydrogen-bond acceptors (Lipinski definition) is 3. The van der Waals surface area contributed by atoms with Gasteiger partial charge in [-0.3, -0.25) is 9.59 Å². The van der Waals surface area contributed by atoms with Gasteiger partial charge in [0.1, 0.15) is 5.56 Å². The van der Waals surface area contributed by atoms with Crippen molar-refractivity contribution < 1.29 is 14.7 Å². The van der Waals surface area contributed by atoms with Crippen molar-refractivity contribution in [2.45, 2.75) is 25.8 Å². The lowest BCUT2D eigenvalue weighted by atomic mass is 10.1. The molecule has 1 unspecified atom stereocenters. The van der Waals surface area contributed by atoms with Crippen molar-refractivity contribution in [2.75, 3.05) is 13.1 Å². The lowest BCUT2D eigenvalue weighted by Gasteiger charge is -2.18. The second-order valence-corrected chi connectivity index (χ2v) is 6.32. The average molecular weight is 340 g/mol. The topological polar surface area (TPSA) is 79.6 Å². The van der Waals surface area contributed by atoms with Crippen molar-refractivity contribution >= 4 is 11.9 Å². The first-order valence-electron chi connectivity index (χ1n) is 8.24. The third-order valence-corrected chi connectivity index (χ3v) is 4.64. The number of carboxylic acids is 1. The van der Waals surface area contributed by atoms with Crippen LogP contribution in [0.3, 0.4) is 0 Å². The molecule has 1 amide bonds. The summed E-state index contributed by atoms with van der Waals surface area (Å²) in [6.45, 7) is 2.61. The number of amides is 1. The van der Waals surface area contributed by atoms with Crippen molar-refractivity contribution in [1.29, 1.82) is 0 Å². The number of carboxylic acid groups (broad SMARTS) is 1. The summed E-state index contributed by atoms with van der Waals surface area (Å²) in [5.74, 6) is -1.24. The van der Waals surface area contributed by atoms with Crippen molar-refractivity contribution in [3.05, 3.63) is 69.6 Å². The molecule has 2 heterocycles. The number of aryl methyl sites for hydroxylation is 1. The van der Waals surface area contributed by atoms with Crippen LogP contribution in [-0.2, 0) is 11.2 Å². The first kappa shape index (κ1) is 17.0. The molecule has 0 spiro atoms.